The number of anilines is 1. The Balaban J connectivity index is 2.26. The predicted molar refractivity (Wildman–Crippen MR) is 71.1 cm³/mol. The molecular formula is C12H18BrN3. The highest BCUT2D eigenvalue weighted by molar-refractivity contribution is 9.10. The number of aromatic nitrogens is 1. The summed E-state index contributed by atoms with van der Waals surface area (Å²) in [7, 11) is 2.18. The highest BCUT2D eigenvalue weighted by atomic mass is 79.9. The molecule has 1 saturated heterocycles. The standard InChI is InChI=1S/C12H18BrN3/c1-9-8-11(13)14-10(2)12(9)16-6-4-15(3)5-7-16/h8H,4-7H2,1-3H3. The van der Waals surface area contributed by atoms with Crippen LogP contribution < -0.4 is 4.90 Å². The molecule has 3 nitrogen and oxygen atoms in total. The van der Waals surface area contributed by atoms with Gasteiger partial charge >= 0.3 is 0 Å². The SMILES string of the molecule is Cc1cc(Br)nc(C)c1N1CCN(C)CC1. The van der Waals surface area contributed by atoms with Crippen molar-refractivity contribution < 1.29 is 0 Å². The molecular weight excluding hydrogens is 266 g/mol. The van der Waals surface area contributed by atoms with E-state index >= 15 is 0 Å². The first-order valence-corrected chi connectivity index (χ1v) is 6.44. The largest absolute Gasteiger partial charge is 0.367 e. The Morgan fingerprint density at radius 3 is 2.38 bits per heavy atom. The molecule has 1 aliphatic heterocycles. The smallest absolute Gasteiger partial charge is 0.106 e. The van der Waals surface area contributed by atoms with Crippen LogP contribution in [0, 0.1) is 13.8 Å². The Hall–Kier alpha value is -0.610. The molecule has 0 aromatic carbocycles. The first-order valence-electron chi connectivity index (χ1n) is 5.65. The second kappa shape index (κ2) is 4.72. The van der Waals surface area contributed by atoms with Crippen LogP contribution in [0.3, 0.4) is 0 Å². The van der Waals surface area contributed by atoms with Crippen LogP contribution in [-0.4, -0.2) is 43.1 Å². The molecule has 1 aromatic heterocycles. The number of hydrogen-bond acceptors (Lipinski definition) is 3. The molecule has 1 fully saturated rings. The summed E-state index contributed by atoms with van der Waals surface area (Å²) in [5.41, 5.74) is 3.75. The van der Waals surface area contributed by atoms with Gasteiger partial charge in [0.25, 0.3) is 0 Å². The molecule has 4 heteroatoms. The summed E-state index contributed by atoms with van der Waals surface area (Å²) in [5.74, 6) is 0. The van der Waals surface area contributed by atoms with Gasteiger partial charge in [-0.15, -0.1) is 0 Å². The third kappa shape index (κ3) is 2.38. The van der Waals surface area contributed by atoms with Crippen LogP contribution in [0.2, 0.25) is 0 Å². The van der Waals surface area contributed by atoms with E-state index in [1.54, 1.807) is 0 Å². The number of hydrogen-bond donors (Lipinski definition) is 0. The lowest BCUT2D eigenvalue weighted by molar-refractivity contribution is 0.312. The topological polar surface area (TPSA) is 19.4 Å². The van der Waals surface area contributed by atoms with Crippen molar-refractivity contribution in [2.75, 3.05) is 38.1 Å². The van der Waals surface area contributed by atoms with Gasteiger partial charge in [-0.3, -0.25) is 0 Å². The molecule has 0 radical (unpaired) electrons. The fourth-order valence-electron chi connectivity index (χ4n) is 2.29. The second-order valence-electron chi connectivity index (χ2n) is 4.49. The van der Waals surface area contributed by atoms with Crippen molar-refractivity contribution >= 4 is 21.6 Å². The summed E-state index contributed by atoms with van der Waals surface area (Å²) in [6.07, 6.45) is 0. The fraction of sp³-hybridized carbons (Fsp3) is 0.583. The van der Waals surface area contributed by atoms with Crippen molar-refractivity contribution in [2.24, 2.45) is 0 Å². The maximum atomic E-state index is 4.49. The lowest BCUT2D eigenvalue weighted by Gasteiger charge is -2.35. The molecule has 16 heavy (non-hydrogen) atoms. The van der Waals surface area contributed by atoms with Crippen LogP contribution in [0.15, 0.2) is 10.7 Å². The Kier molecular flexibility index (Phi) is 3.50. The average molecular weight is 284 g/mol. The molecule has 0 N–H and O–H groups in total. The normalized spacial score (nSPS) is 17.9. The van der Waals surface area contributed by atoms with Gasteiger partial charge in [-0.2, -0.15) is 0 Å². The van der Waals surface area contributed by atoms with E-state index in [-0.39, 0.29) is 0 Å². The number of aryl methyl sites for hydroxylation is 2. The molecule has 2 rings (SSSR count). The first-order chi connectivity index (χ1) is 7.58. The number of piperazine rings is 1. The van der Waals surface area contributed by atoms with Crippen LogP contribution in [0.1, 0.15) is 11.3 Å². The lowest BCUT2D eigenvalue weighted by atomic mass is 10.1. The maximum Gasteiger partial charge on any atom is 0.106 e. The lowest BCUT2D eigenvalue weighted by Crippen LogP contribution is -2.45. The highest BCUT2D eigenvalue weighted by Gasteiger charge is 2.18. The van der Waals surface area contributed by atoms with E-state index in [1.165, 1.54) is 11.3 Å². The zero-order valence-electron chi connectivity index (χ0n) is 10.1. The molecule has 1 aromatic rings. The van der Waals surface area contributed by atoms with E-state index in [0.29, 0.717) is 0 Å². The van der Waals surface area contributed by atoms with Crippen LogP contribution in [-0.2, 0) is 0 Å². The van der Waals surface area contributed by atoms with Gasteiger partial charge in [0.2, 0.25) is 0 Å². The minimum Gasteiger partial charge on any atom is -0.367 e. The maximum absolute atomic E-state index is 4.49. The Morgan fingerprint density at radius 2 is 1.81 bits per heavy atom. The first kappa shape index (κ1) is 11.9. The fourth-order valence-corrected chi connectivity index (χ4v) is 2.90. The summed E-state index contributed by atoms with van der Waals surface area (Å²) in [6, 6.07) is 2.10. The van der Waals surface area contributed by atoms with E-state index in [9.17, 15) is 0 Å². The molecule has 1 aliphatic rings. The third-order valence-electron chi connectivity index (χ3n) is 3.15. The molecule has 2 heterocycles. The molecule has 0 spiro atoms. The Morgan fingerprint density at radius 1 is 1.19 bits per heavy atom. The van der Waals surface area contributed by atoms with Crippen molar-refractivity contribution in [3.05, 3.63) is 21.9 Å². The molecule has 0 atom stereocenters. The minimum atomic E-state index is 0.931. The van der Waals surface area contributed by atoms with E-state index in [0.717, 1.165) is 36.5 Å². The number of nitrogens with zero attached hydrogens (tertiary/aromatic N) is 3. The van der Waals surface area contributed by atoms with Crippen LogP contribution in [0.4, 0.5) is 5.69 Å². The van der Waals surface area contributed by atoms with Crippen molar-refractivity contribution in [2.45, 2.75) is 13.8 Å². The second-order valence-corrected chi connectivity index (χ2v) is 5.30. The van der Waals surface area contributed by atoms with Gasteiger partial charge in [0.1, 0.15) is 4.60 Å². The van der Waals surface area contributed by atoms with E-state index in [2.05, 4.69) is 57.7 Å². The summed E-state index contributed by atoms with van der Waals surface area (Å²) in [4.78, 5) is 9.31. The number of pyridine rings is 1. The average Bonchev–Trinajstić information content (AvgIpc) is 2.19. The number of likely N-dealkylation sites (N-methyl/N-ethyl adjacent to an activating group) is 1. The van der Waals surface area contributed by atoms with Crippen LogP contribution in [0.25, 0.3) is 0 Å². The zero-order chi connectivity index (χ0) is 11.7. The van der Waals surface area contributed by atoms with Crippen molar-refractivity contribution in [1.29, 1.82) is 0 Å². The summed E-state index contributed by atoms with van der Waals surface area (Å²) >= 11 is 3.44. The van der Waals surface area contributed by atoms with Crippen molar-refractivity contribution in [3.63, 3.8) is 0 Å². The van der Waals surface area contributed by atoms with Crippen LogP contribution >= 0.6 is 15.9 Å². The quantitative estimate of drug-likeness (QED) is 0.737. The van der Waals surface area contributed by atoms with E-state index in [1.807, 2.05) is 0 Å². The number of rotatable bonds is 1. The van der Waals surface area contributed by atoms with E-state index < -0.39 is 0 Å². The number of halogens is 1. The Bertz CT molecular complexity index is 361. The minimum absolute atomic E-state index is 0.931. The van der Waals surface area contributed by atoms with Gasteiger partial charge in [-0.1, -0.05) is 0 Å². The summed E-state index contributed by atoms with van der Waals surface area (Å²) < 4.78 is 0.931. The summed E-state index contributed by atoms with van der Waals surface area (Å²) in [5, 5.41) is 0. The monoisotopic (exact) mass is 283 g/mol. The van der Waals surface area contributed by atoms with Gasteiger partial charge < -0.3 is 9.80 Å². The molecule has 0 amide bonds. The van der Waals surface area contributed by atoms with E-state index in [4.69, 9.17) is 0 Å². The Labute approximate surface area is 106 Å². The molecule has 88 valence electrons. The van der Waals surface area contributed by atoms with Gasteiger partial charge in [0.05, 0.1) is 11.4 Å². The van der Waals surface area contributed by atoms with Gasteiger partial charge in [-0.25, -0.2) is 4.98 Å². The zero-order valence-corrected chi connectivity index (χ0v) is 11.7. The molecule has 0 saturated carbocycles. The van der Waals surface area contributed by atoms with Gasteiger partial charge in [0, 0.05) is 26.2 Å². The molecule has 0 bridgehead atoms. The van der Waals surface area contributed by atoms with Gasteiger partial charge in [-0.05, 0) is 48.5 Å². The van der Waals surface area contributed by atoms with Crippen molar-refractivity contribution in [1.82, 2.24) is 9.88 Å². The predicted octanol–water partition coefficient (Wildman–Crippen LogP) is 2.21. The molecule has 0 aliphatic carbocycles. The molecule has 0 unspecified atom stereocenters. The highest BCUT2D eigenvalue weighted by Crippen LogP contribution is 2.26. The summed E-state index contributed by atoms with van der Waals surface area (Å²) in [6.45, 7) is 8.71. The van der Waals surface area contributed by atoms with Crippen molar-refractivity contribution in [3.8, 4) is 0 Å². The van der Waals surface area contributed by atoms with Crippen LogP contribution in [0.5, 0.6) is 0 Å². The third-order valence-corrected chi connectivity index (χ3v) is 3.55. The van der Waals surface area contributed by atoms with Gasteiger partial charge in [0.15, 0.2) is 0 Å².